The zero-order chi connectivity index (χ0) is 21.2. The summed E-state index contributed by atoms with van der Waals surface area (Å²) >= 11 is 0. The van der Waals surface area contributed by atoms with Gasteiger partial charge < -0.3 is 14.8 Å². The molecule has 0 aliphatic carbocycles. The van der Waals surface area contributed by atoms with Gasteiger partial charge in [0.2, 0.25) is 0 Å². The summed E-state index contributed by atoms with van der Waals surface area (Å²) in [6.45, 7) is 0. The van der Waals surface area contributed by atoms with E-state index in [0.717, 1.165) is 12.3 Å². The standard InChI is InChI=1S/C18H14F4N4O3/c1-26-15(11-7-10(28-2)3-4-16(11)29-18(20,21)22)8-14(25-26)17(27)24-13-5-6-23-9-12(13)19/h3-9H,1-2H3,(H,23,24,27). The van der Waals surface area contributed by atoms with Crippen molar-refractivity contribution < 1.29 is 31.8 Å². The van der Waals surface area contributed by atoms with E-state index < -0.39 is 23.8 Å². The van der Waals surface area contributed by atoms with Crippen molar-refractivity contribution in [2.24, 2.45) is 7.05 Å². The summed E-state index contributed by atoms with van der Waals surface area (Å²) in [6.07, 6.45) is -2.70. The predicted octanol–water partition coefficient (Wildman–Crippen LogP) is 3.78. The van der Waals surface area contributed by atoms with Crippen LogP contribution in [-0.2, 0) is 7.05 Å². The highest BCUT2D eigenvalue weighted by Crippen LogP contribution is 2.36. The highest BCUT2D eigenvalue weighted by Gasteiger charge is 2.33. The Morgan fingerprint density at radius 3 is 2.62 bits per heavy atom. The smallest absolute Gasteiger partial charge is 0.497 e. The van der Waals surface area contributed by atoms with Crippen molar-refractivity contribution in [1.82, 2.24) is 14.8 Å². The van der Waals surface area contributed by atoms with Gasteiger partial charge in [-0.1, -0.05) is 0 Å². The summed E-state index contributed by atoms with van der Waals surface area (Å²) in [5.74, 6) is -1.71. The first-order valence-electron chi connectivity index (χ1n) is 8.07. The Hall–Kier alpha value is -3.63. The van der Waals surface area contributed by atoms with Crippen LogP contribution in [0.5, 0.6) is 11.5 Å². The first-order valence-corrected chi connectivity index (χ1v) is 8.07. The fourth-order valence-electron chi connectivity index (χ4n) is 2.54. The van der Waals surface area contributed by atoms with Crippen molar-refractivity contribution in [3.8, 4) is 22.8 Å². The van der Waals surface area contributed by atoms with E-state index >= 15 is 0 Å². The Labute approximate surface area is 161 Å². The maximum Gasteiger partial charge on any atom is 0.573 e. The summed E-state index contributed by atoms with van der Waals surface area (Å²) in [6, 6.07) is 6.24. The van der Waals surface area contributed by atoms with Gasteiger partial charge in [-0.2, -0.15) is 5.10 Å². The molecule has 11 heteroatoms. The minimum absolute atomic E-state index is 0.00539. The van der Waals surface area contributed by atoms with Crippen LogP contribution >= 0.6 is 0 Å². The molecule has 0 atom stereocenters. The van der Waals surface area contributed by atoms with Crippen molar-refractivity contribution in [1.29, 1.82) is 0 Å². The average molecular weight is 410 g/mol. The number of amides is 1. The van der Waals surface area contributed by atoms with Crippen molar-refractivity contribution in [3.05, 3.63) is 54.2 Å². The van der Waals surface area contributed by atoms with E-state index in [1.807, 2.05) is 0 Å². The van der Waals surface area contributed by atoms with Crippen LogP contribution in [0, 0.1) is 5.82 Å². The van der Waals surface area contributed by atoms with Gasteiger partial charge >= 0.3 is 6.36 Å². The van der Waals surface area contributed by atoms with Crippen LogP contribution in [0.15, 0.2) is 42.7 Å². The molecule has 3 aromatic rings. The van der Waals surface area contributed by atoms with Gasteiger partial charge in [0.15, 0.2) is 11.5 Å². The lowest BCUT2D eigenvalue weighted by molar-refractivity contribution is -0.274. The largest absolute Gasteiger partial charge is 0.573 e. The second-order valence-electron chi connectivity index (χ2n) is 5.76. The first kappa shape index (κ1) is 20.1. The van der Waals surface area contributed by atoms with Gasteiger partial charge in [0.1, 0.15) is 11.5 Å². The van der Waals surface area contributed by atoms with Gasteiger partial charge in [-0.05, 0) is 30.3 Å². The van der Waals surface area contributed by atoms with Crippen LogP contribution in [-0.4, -0.2) is 34.1 Å². The number of hydrogen-bond acceptors (Lipinski definition) is 5. The molecule has 0 radical (unpaired) electrons. The number of benzene rings is 1. The molecule has 2 aromatic heterocycles. The minimum atomic E-state index is -4.92. The van der Waals surface area contributed by atoms with Gasteiger partial charge in [-0.25, -0.2) is 4.39 Å². The SMILES string of the molecule is COc1ccc(OC(F)(F)F)c(-c2cc(C(=O)Nc3ccncc3F)nn2C)c1. The van der Waals surface area contributed by atoms with E-state index in [9.17, 15) is 22.4 Å². The fourth-order valence-corrected chi connectivity index (χ4v) is 2.54. The first-order chi connectivity index (χ1) is 13.7. The van der Waals surface area contributed by atoms with Crippen molar-refractivity contribution in [3.63, 3.8) is 0 Å². The molecule has 1 N–H and O–H groups in total. The van der Waals surface area contributed by atoms with Crippen molar-refractivity contribution in [2.45, 2.75) is 6.36 Å². The van der Waals surface area contributed by atoms with Gasteiger partial charge in [-0.3, -0.25) is 14.5 Å². The molecule has 3 rings (SSSR count). The predicted molar refractivity (Wildman–Crippen MR) is 94.0 cm³/mol. The number of carbonyl (C=O) groups excluding carboxylic acids is 1. The van der Waals surface area contributed by atoms with E-state index in [0.29, 0.717) is 0 Å². The van der Waals surface area contributed by atoms with Crippen LogP contribution in [0.1, 0.15) is 10.5 Å². The maximum atomic E-state index is 13.7. The van der Waals surface area contributed by atoms with Crippen molar-refractivity contribution >= 4 is 11.6 Å². The van der Waals surface area contributed by atoms with Gasteiger partial charge in [0.25, 0.3) is 5.91 Å². The number of anilines is 1. The second kappa shape index (κ2) is 7.78. The summed E-state index contributed by atoms with van der Waals surface area (Å²) < 4.78 is 62.3. The molecule has 0 bridgehead atoms. The van der Waals surface area contributed by atoms with Gasteiger partial charge in [0.05, 0.1) is 24.7 Å². The van der Waals surface area contributed by atoms with E-state index in [4.69, 9.17) is 4.74 Å². The Kier molecular flexibility index (Phi) is 5.39. The highest BCUT2D eigenvalue weighted by atomic mass is 19.4. The molecule has 152 valence electrons. The molecule has 0 fully saturated rings. The number of rotatable bonds is 5. The lowest BCUT2D eigenvalue weighted by Gasteiger charge is -2.14. The molecule has 0 unspecified atom stereocenters. The van der Waals surface area contributed by atoms with E-state index in [1.165, 1.54) is 49.3 Å². The molecule has 7 nitrogen and oxygen atoms in total. The molecule has 1 aromatic carbocycles. The normalized spacial score (nSPS) is 11.2. The van der Waals surface area contributed by atoms with E-state index in [2.05, 4.69) is 20.1 Å². The van der Waals surface area contributed by atoms with Crippen molar-refractivity contribution in [2.75, 3.05) is 12.4 Å². The molecular weight excluding hydrogens is 396 g/mol. The summed E-state index contributed by atoms with van der Waals surface area (Å²) in [5, 5.41) is 6.32. The number of carbonyl (C=O) groups is 1. The quantitative estimate of drug-likeness (QED) is 0.648. The number of nitrogens with zero attached hydrogens (tertiary/aromatic N) is 3. The highest BCUT2D eigenvalue weighted by molar-refractivity contribution is 6.03. The Morgan fingerprint density at radius 1 is 1.21 bits per heavy atom. The number of pyridine rings is 1. The molecule has 0 spiro atoms. The number of aromatic nitrogens is 3. The van der Waals surface area contributed by atoms with Crippen LogP contribution in [0.3, 0.4) is 0 Å². The average Bonchev–Trinajstić information content (AvgIpc) is 3.04. The summed E-state index contributed by atoms with van der Waals surface area (Å²) in [4.78, 5) is 16.0. The lowest BCUT2D eigenvalue weighted by Crippen LogP contribution is -2.17. The van der Waals surface area contributed by atoms with Crippen LogP contribution < -0.4 is 14.8 Å². The zero-order valence-electron chi connectivity index (χ0n) is 15.1. The number of aryl methyl sites for hydroxylation is 1. The Morgan fingerprint density at radius 2 is 1.97 bits per heavy atom. The molecule has 0 saturated heterocycles. The number of halogens is 4. The Balaban J connectivity index is 1.98. The number of methoxy groups -OCH3 is 1. The van der Waals surface area contributed by atoms with Gasteiger partial charge in [0, 0.05) is 18.8 Å². The molecule has 29 heavy (non-hydrogen) atoms. The Bertz CT molecular complexity index is 1050. The topological polar surface area (TPSA) is 78.3 Å². The molecule has 1 amide bonds. The second-order valence-corrected chi connectivity index (χ2v) is 5.76. The lowest BCUT2D eigenvalue weighted by atomic mass is 10.1. The third-order valence-electron chi connectivity index (χ3n) is 3.82. The maximum absolute atomic E-state index is 13.7. The monoisotopic (exact) mass is 410 g/mol. The van der Waals surface area contributed by atoms with Crippen LogP contribution in [0.4, 0.5) is 23.2 Å². The summed E-state index contributed by atoms with van der Waals surface area (Å²) in [7, 11) is 2.80. The van der Waals surface area contributed by atoms with Gasteiger partial charge in [-0.15, -0.1) is 13.2 Å². The number of nitrogens with one attached hydrogen (secondary N) is 1. The molecule has 2 heterocycles. The number of ether oxygens (including phenoxy) is 2. The third kappa shape index (κ3) is 4.62. The molecule has 0 aliphatic rings. The molecular formula is C18H14F4N4O3. The third-order valence-corrected chi connectivity index (χ3v) is 3.82. The van der Waals surface area contributed by atoms with Crippen LogP contribution in [0.2, 0.25) is 0 Å². The van der Waals surface area contributed by atoms with E-state index in [-0.39, 0.29) is 28.4 Å². The molecule has 0 aliphatic heterocycles. The van der Waals surface area contributed by atoms with Crippen LogP contribution in [0.25, 0.3) is 11.3 Å². The zero-order valence-corrected chi connectivity index (χ0v) is 15.1. The summed E-state index contributed by atoms with van der Waals surface area (Å²) in [5.41, 5.74) is -0.0894. The van der Waals surface area contributed by atoms with E-state index in [1.54, 1.807) is 0 Å². The number of hydrogen-bond donors (Lipinski definition) is 1. The minimum Gasteiger partial charge on any atom is -0.497 e. The fraction of sp³-hybridized carbons (Fsp3) is 0.167. The molecule has 0 saturated carbocycles. The number of alkyl halides is 3.